The third kappa shape index (κ3) is 4.59. The summed E-state index contributed by atoms with van der Waals surface area (Å²) in [6.45, 7) is 2.50. The van der Waals surface area contributed by atoms with E-state index in [9.17, 15) is 4.79 Å². The fourth-order valence-corrected chi connectivity index (χ4v) is 5.04. The van der Waals surface area contributed by atoms with Crippen LogP contribution in [0.4, 0.5) is 0 Å². The molecule has 5 aromatic rings. The van der Waals surface area contributed by atoms with Crippen molar-refractivity contribution >= 4 is 28.4 Å². The molecule has 38 heavy (non-hydrogen) atoms. The maximum absolute atomic E-state index is 13.1. The van der Waals surface area contributed by atoms with E-state index in [1.165, 1.54) is 0 Å². The molecule has 3 aromatic heterocycles. The highest BCUT2D eigenvalue weighted by Crippen LogP contribution is 2.39. The molecule has 6 rings (SSSR count). The zero-order valence-corrected chi connectivity index (χ0v) is 21.5. The van der Waals surface area contributed by atoms with Gasteiger partial charge in [-0.15, -0.1) is 10.2 Å². The van der Waals surface area contributed by atoms with Crippen LogP contribution in [0.1, 0.15) is 41.9 Å². The number of fused-ring (bicyclic) bond motifs is 1. The Kier molecular flexibility index (Phi) is 6.47. The third-order valence-electron chi connectivity index (χ3n) is 6.75. The summed E-state index contributed by atoms with van der Waals surface area (Å²) < 4.78 is 7.54. The van der Waals surface area contributed by atoms with Crippen LogP contribution in [-0.4, -0.2) is 43.3 Å². The van der Waals surface area contributed by atoms with Gasteiger partial charge in [0.2, 0.25) is 0 Å². The van der Waals surface area contributed by atoms with Crippen molar-refractivity contribution in [2.24, 2.45) is 0 Å². The Hall–Kier alpha value is -4.30. The first-order chi connectivity index (χ1) is 18.6. The monoisotopic (exact) mass is 524 g/mol. The summed E-state index contributed by atoms with van der Waals surface area (Å²) in [5, 5.41) is 13.8. The fourth-order valence-electron chi connectivity index (χ4n) is 4.86. The molecule has 190 valence electrons. The smallest absolute Gasteiger partial charge is 0.253 e. The molecule has 1 saturated carbocycles. The van der Waals surface area contributed by atoms with Crippen molar-refractivity contribution in [1.29, 1.82) is 0 Å². The Morgan fingerprint density at radius 1 is 1.05 bits per heavy atom. The molecule has 0 bridgehead atoms. The van der Waals surface area contributed by atoms with Gasteiger partial charge in [0.1, 0.15) is 17.3 Å². The van der Waals surface area contributed by atoms with Gasteiger partial charge in [-0.1, -0.05) is 35.9 Å². The van der Waals surface area contributed by atoms with Gasteiger partial charge in [-0.25, -0.2) is 4.98 Å². The maximum atomic E-state index is 13.1. The summed E-state index contributed by atoms with van der Waals surface area (Å²) in [5.41, 5.74) is 2.83. The standard InChI is InChI=1S/C29H25ClN6O2/c1-2-38-23-11-12-25(32-17-23)28-35-34-27(36(28)22-9-4-8-20(30)16-22)19-14-21(15-19)33-29(37)24-10-3-6-18-7-5-13-31-26(18)24/h3-13,16-17,19,21H,2,14-15H2,1H3,(H,33,37). The lowest BCUT2D eigenvalue weighted by atomic mass is 9.79. The average Bonchev–Trinajstić information content (AvgIpc) is 3.35. The van der Waals surface area contributed by atoms with Crippen molar-refractivity contribution in [2.45, 2.75) is 31.7 Å². The second-order valence-electron chi connectivity index (χ2n) is 9.23. The summed E-state index contributed by atoms with van der Waals surface area (Å²) in [4.78, 5) is 22.0. The van der Waals surface area contributed by atoms with Crippen LogP contribution in [0.25, 0.3) is 28.1 Å². The molecule has 8 nitrogen and oxygen atoms in total. The second-order valence-corrected chi connectivity index (χ2v) is 9.67. The highest BCUT2D eigenvalue weighted by Gasteiger charge is 2.36. The number of rotatable bonds is 7. The summed E-state index contributed by atoms with van der Waals surface area (Å²) in [7, 11) is 0. The van der Waals surface area contributed by atoms with Crippen molar-refractivity contribution in [3.8, 4) is 23.0 Å². The molecule has 2 aromatic carbocycles. The highest BCUT2D eigenvalue weighted by molar-refractivity contribution is 6.30. The van der Waals surface area contributed by atoms with E-state index >= 15 is 0 Å². The third-order valence-corrected chi connectivity index (χ3v) is 6.98. The van der Waals surface area contributed by atoms with Crippen LogP contribution in [0.3, 0.4) is 0 Å². The Bertz CT molecular complexity index is 1610. The van der Waals surface area contributed by atoms with E-state index in [0.29, 0.717) is 40.0 Å². The van der Waals surface area contributed by atoms with E-state index in [0.717, 1.165) is 29.7 Å². The van der Waals surface area contributed by atoms with Gasteiger partial charge in [0.25, 0.3) is 5.91 Å². The lowest BCUT2D eigenvalue weighted by Crippen LogP contribution is -2.44. The van der Waals surface area contributed by atoms with Crippen LogP contribution in [0.15, 0.2) is 79.1 Å². The normalized spacial score (nSPS) is 16.7. The summed E-state index contributed by atoms with van der Waals surface area (Å²) in [5.74, 6) is 2.14. The van der Waals surface area contributed by atoms with Gasteiger partial charge in [-0.2, -0.15) is 0 Å². The van der Waals surface area contributed by atoms with Crippen molar-refractivity contribution < 1.29 is 9.53 Å². The molecule has 1 amide bonds. The molecule has 9 heteroatoms. The number of aromatic nitrogens is 5. The van der Waals surface area contributed by atoms with Crippen molar-refractivity contribution in [3.05, 3.63) is 95.5 Å². The molecule has 1 aliphatic rings. The number of para-hydroxylation sites is 1. The first-order valence-electron chi connectivity index (χ1n) is 12.6. The lowest BCUT2D eigenvalue weighted by Gasteiger charge is -2.35. The topological polar surface area (TPSA) is 94.8 Å². The first kappa shape index (κ1) is 24.1. The minimum Gasteiger partial charge on any atom is -0.492 e. The molecule has 0 atom stereocenters. The molecule has 3 heterocycles. The van der Waals surface area contributed by atoms with Crippen molar-refractivity contribution in [1.82, 2.24) is 30.0 Å². The fraction of sp³-hybridized carbons (Fsp3) is 0.207. The minimum absolute atomic E-state index is 0.0306. The number of hydrogen-bond donors (Lipinski definition) is 1. The number of carbonyl (C=O) groups excluding carboxylic acids is 1. The van der Waals surface area contributed by atoms with Crippen molar-refractivity contribution in [2.75, 3.05) is 6.61 Å². The summed E-state index contributed by atoms with van der Waals surface area (Å²) >= 11 is 6.34. The Morgan fingerprint density at radius 2 is 1.89 bits per heavy atom. The van der Waals surface area contributed by atoms with E-state index in [1.807, 2.05) is 78.2 Å². The summed E-state index contributed by atoms with van der Waals surface area (Å²) in [6.07, 6.45) is 4.89. The van der Waals surface area contributed by atoms with E-state index in [1.54, 1.807) is 12.4 Å². The van der Waals surface area contributed by atoms with Gasteiger partial charge in [0, 0.05) is 28.6 Å². The zero-order valence-electron chi connectivity index (χ0n) is 20.7. The molecule has 0 spiro atoms. The van der Waals surface area contributed by atoms with Crippen molar-refractivity contribution in [3.63, 3.8) is 0 Å². The van der Waals surface area contributed by atoms with E-state index in [-0.39, 0.29) is 17.9 Å². The van der Waals surface area contributed by atoms with Crippen LogP contribution in [0.2, 0.25) is 5.02 Å². The first-order valence-corrected chi connectivity index (χ1v) is 12.9. The summed E-state index contributed by atoms with van der Waals surface area (Å²) in [6, 6.07) is 20.9. The lowest BCUT2D eigenvalue weighted by molar-refractivity contribution is 0.0908. The Morgan fingerprint density at radius 3 is 2.68 bits per heavy atom. The molecule has 1 N–H and O–H groups in total. The molecule has 0 saturated heterocycles. The number of amides is 1. The number of nitrogens with one attached hydrogen (secondary N) is 1. The number of hydrogen-bond acceptors (Lipinski definition) is 6. The van der Waals surface area contributed by atoms with Crippen LogP contribution >= 0.6 is 11.6 Å². The van der Waals surface area contributed by atoms with Gasteiger partial charge in [0.15, 0.2) is 5.82 Å². The van der Waals surface area contributed by atoms with Crippen LogP contribution in [0.5, 0.6) is 5.75 Å². The molecular weight excluding hydrogens is 500 g/mol. The molecule has 1 aliphatic carbocycles. The molecular formula is C29H25ClN6O2. The van der Waals surface area contributed by atoms with Crippen LogP contribution < -0.4 is 10.1 Å². The Balaban J connectivity index is 1.25. The number of halogens is 1. The highest BCUT2D eigenvalue weighted by atomic mass is 35.5. The number of benzene rings is 2. The predicted octanol–water partition coefficient (Wildman–Crippen LogP) is 5.61. The second kappa shape index (κ2) is 10.2. The number of carbonyl (C=O) groups is 1. The number of ether oxygens (including phenoxy) is 1. The molecule has 0 unspecified atom stereocenters. The number of nitrogens with zero attached hydrogens (tertiary/aromatic N) is 5. The zero-order chi connectivity index (χ0) is 26.1. The predicted molar refractivity (Wildman–Crippen MR) is 146 cm³/mol. The van der Waals surface area contributed by atoms with E-state index in [4.69, 9.17) is 16.3 Å². The van der Waals surface area contributed by atoms with Gasteiger partial charge < -0.3 is 10.1 Å². The average molecular weight is 525 g/mol. The molecule has 1 fully saturated rings. The Labute approximate surface area is 224 Å². The van der Waals surface area contributed by atoms with E-state index in [2.05, 4.69) is 25.5 Å². The van der Waals surface area contributed by atoms with E-state index < -0.39 is 0 Å². The molecule has 0 aliphatic heterocycles. The SMILES string of the molecule is CCOc1ccc(-c2nnc(C3CC(NC(=O)c4cccc5cccnc45)C3)n2-c2cccc(Cl)c2)nc1. The quantitative estimate of drug-likeness (QED) is 0.297. The van der Waals surface area contributed by atoms with Gasteiger partial charge in [-0.3, -0.25) is 14.3 Å². The molecule has 0 radical (unpaired) electrons. The largest absolute Gasteiger partial charge is 0.492 e. The van der Waals surface area contributed by atoms with Crippen LogP contribution in [0, 0.1) is 0 Å². The van der Waals surface area contributed by atoms with Gasteiger partial charge in [0.05, 0.1) is 29.6 Å². The van der Waals surface area contributed by atoms with Crippen LogP contribution in [-0.2, 0) is 0 Å². The minimum atomic E-state index is -0.117. The van der Waals surface area contributed by atoms with Gasteiger partial charge in [-0.05, 0) is 62.2 Å². The maximum Gasteiger partial charge on any atom is 0.253 e. The number of pyridine rings is 2. The van der Waals surface area contributed by atoms with Gasteiger partial charge >= 0.3 is 0 Å².